The number of nitro benzene ring substituents is 1. The number of carbonyl (C=O) groups is 2. The number of ether oxygens (including phenoxy) is 3. The number of methoxy groups -OCH3 is 2. The molecule has 0 radical (unpaired) electrons. The van der Waals surface area contributed by atoms with Gasteiger partial charge in [-0.3, -0.25) is 15.0 Å². The monoisotopic (exact) mass is 533 g/mol. The van der Waals surface area contributed by atoms with Gasteiger partial charge in [-0.05, 0) is 24.1 Å². The summed E-state index contributed by atoms with van der Waals surface area (Å²) in [6.07, 6.45) is 0. The number of nitro groups is 1. The van der Waals surface area contributed by atoms with Crippen molar-refractivity contribution in [2.75, 3.05) is 50.3 Å². The van der Waals surface area contributed by atoms with Gasteiger partial charge in [-0.15, -0.1) is 0 Å². The number of aryl methyl sites for hydroxylation is 1. The predicted octanol–water partition coefficient (Wildman–Crippen LogP) is 2.64. The molecule has 2 aromatic rings. The number of nitriles is 1. The van der Waals surface area contributed by atoms with Gasteiger partial charge >= 0.3 is 11.9 Å². The van der Waals surface area contributed by atoms with E-state index in [1.54, 1.807) is 42.2 Å². The number of allylic oxidation sites excluding steroid dienone is 1. The molecule has 2 aliphatic heterocycles. The van der Waals surface area contributed by atoms with Crippen LogP contribution in [-0.2, 0) is 23.8 Å². The lowest BCUT2D eigenvalue weighted by atomic mass is 9.80. The Bertz CT molecular complexity index is 1420. The van der Waals surface area contributed by atoms with Gasteiger partial charge in [-0.25, -0.2) is 9.59 Å². The third-order valence-corrected chi connectivity index (χ3v) is 6.69. The first kappa shape index (κ1) is 27.2. The quantitative estimate of drug-likeness (QED) is 0.330. The number of anilines is 2. The number of esters is 2. The number of hydrogen-bond acceptors (Lipinski definition) is 11. The van der Waals surface area contributed by atoms with Crippen LogP contribution in [0, 0.1) is 28.4 Å². The maximum atomic E-state index is 13.3. The number of carbonyl (C=O) groups excluding carboxylic acids is 2. The molecule has 0 saturated carbocycles. The van der Waals surface area contributed by atoms with Crippen molar-refractivity contribution in [2.24, 2.45) is 5.73 Å². The largest absolute Gasteiger partial charge is 0.466 e. The summed E-state index contributed by atoms with van der Waals surface area (Å²) in [6.45, 7) is 3.18. The highest BCUT2D eigenvalue weighted by Gasteiger charge is 2.43. The predicted molar refractivity (Wildman–Crippen MR) is 140 cm³/mol. The fourth-order valence-electron chi connectivity index (χ4n) is 4.88. The zero-order chi connectivity index (χ0) is 28.3. The standard InChI is InChI=1S/C27H27N5O7/c1-16-13-21(32(35)36)20(30-9-11-39-12-10-30)14-19(16)31-24(27(34)38-3)23(26(33)37-2)22(18(15-28)25(31)29)17-7-5-4-6-8-17/h4-8,13-14,22H,9-12,29H2,1-3H3. The molecular formula is C27H27N5O7. The van der Waals surface area contributed by atoms with E-state index in [1.807, 2.05) is 0 Å². The van der Waals surface area contributed by atoms with Crippen molar-refractivity contribution in [1.82, 2.24) is 0 Å². The van der Waals surface area contributed by atoms with E-state index >= 15 is 0 Å². The fraction of sp³-hybridized carbons (Fsp3) is 0.296. The van der Waals surface area contributed by atoms with E-state index in [9.17, 15) is 25.0 Å². The highest BCUT2D eigenvalue weighted by Crippen LogP contribution is 2.45. The van der Waals surface area contributed by atoms with Gasteiger partial charge in [0.2, 0.25) is 0 Å². The Labute approximate surface area is 224 Å². The van der Waals surface area contributed by atoms with E-state index < -0.39 is 22.8 Å². The topological polar surface area (TPSA) is 161 Å². The van der Waals surface area contributed by atoms with Crippen molar-refractivity contribution in [2.45, 2.75) is 12.8 Å². The summed E-state index contributed by atoms with van der Waals surface area (Å²) in [5.41, 5.74) is 7.52. The summed E-state index contributed by atoms with van der Waals surface area (Å²) < 4.78 is 15.5. The van der Waals surface area contributed by atoms with Crippen LogP contribution in [0.4, 0.5) is 17.1 Å². The molecule has 2 aliphatic rings. The van der Waals surface area contributed by atoms with Crippen LogP contribution >= 0.6 is 0 Å². The third kappa shape index (κ3) is 4.87. The molecular weight excluding hydrogens is 506 g/mol. The van der Waals surface area contributed by atoms with Crippen molar-refractivity contribution in [1.29, 1.82) is 5.26 Å². The summed E-state index contributed by atoms with van der Waals surface area (Å²) in [5.74, 6) is -2.90. The summed E-state index contributed by atoms with van der Waals surface area (Å²) >= 11 is 0. The Balaban J connectivity index is 2.06. The second kappa shape index (κ2) is 11.2. The molecule has 1 fully saturated rings. The molecule has 39 heavy (non-hydrogen) atoms. The second-order valence-electron chi connectivity index (χ2n) is 8.82. The van der Waals surface area contributed by atoms with Crippen LogP contribution in [0.15, 0.2) is 65.1 Å². The normalized spacial score (nSPS) is 17.5. The van der Waals surface area contributed by atoms with Crippen molar-refractivity contribution < 1.29 is 28.7 Å². The van der Waals surface area contributed by atoms with Gasteiger partial charge in [-0.2, -0.15) is 5.26 Å². The molecule has 1 unspecified atom stereocenters. The van der Waals surface area contributed by atoms with Gasteiger partial charge in [0.25, 0.3) is 5.69 Å². The first-order valence-corrected chi connectivity index (χ1v) is 12.0. The molecule has 202 valence electrons. The fourth-order valence-corrected chi connectivity index (χ4v) is 4.88. The summed E-state index contributed by atoms with van der Waals surface area (Å²) in [5, 5.41) is 22.2. The molecule has 0 aliphatic carbocycles. The van der Waals surface area contributed by atoms with Gasteiger partial charge in [0.1, 0.15) is 17.2 Å². The van der Waals surface area contributed by atoms with E-state index in [4.69, 9.17) is 19.9 Å². The van der Waals surface area contributed by atoms with Crippen LogP contribution in [0.25, 0.3) is 0 Å². The van der Waals surface area contributed by atoms with E-state index in [2.05, 4.69) is 6.07 Å². The molecule has 0 bridgehead atoms. The molecule has 0 spiro atoms. The molecule has 2 N–H and O–H groups in total. The molecule has 2 heterocycles. The first-order chi connectivity index (χ1) is 18.7. The Morgan fingerprint density at radius 3 is 2.31 bits per heavy atom. The van der Waals surface area contributed by atoms with E-state index in [1.165, 1.54) is 17.0 Å². The lowest BCUT2D eigenvalue weighted by molar-refractivity contribution is -0.384. The Kier molecular flexibility index (Phi) is 7.83. The molecule has 1 saturated heterocycles. The first-order valence-electron chi connectivity index (χ1n) is 12.0. The number of nitrogens with two attached hydrogens (primary N) is 1. The molecule has 1 atom stereocenters. The zero-order valence-corrected chi connectivity index (χ0v) is 21.7. The summed E-state index contributed by atoms with van der Waals surface area (Å²) in [7, 11) is 2.32. The number of morpholine rings is 1. The molecule has 0 amide bonds. The van der Waals surface area contributed by atoms with Crippen LogP contribution in [0.3, 0.4) is 0 Å². The Morgan fingerprint density at radius 1 is 1.10 bits per heavy atom. The van der Waals surface area contributed by atoms with E-state index in [0.717, 1.165) is 14.2 Å². The van der Waals surface area contributed by atoms with Crippen molar-refractivity contribution in [3.05, 3.63) is 86.4 Å². The Morgan fingerprint density at radius 2 is 1.74 bits per heavy atom. The highest BCUT2D eigenvalue weighted by molar-refractivity contribution is 6.06. The van der Waals surface area contributed by atoms with Crippen molar-refractivity contribution >= 4 is 29.0 Å². The van der Waals surface area contributed by atoms with Gasteiger partial charge < -0.3 is 24.8 Å². The molecule has 12 heteroatoms. The minimum atomic E-state index is -1.02. The Hall–Kier alpha value is -4.89. The average Bonchev–Trinajstić information content (AvgIpc) is 2.96. The molecule has 12 nitrogen and oxygen atoms in total. The van der Waals surface area contributed by atoms with Crippen LogP contribution < -0.4 is 15.5 Å². The van der Waals surface area contributed by atoms with Crippen LogP contribution in [0.2, 0.25) is 0 Å². The van der Waals surface area contributed by atoms with Gasteiger partial charge in [0.15, 0.2) is 0 Å². The smallest absolute Gasteiger partial charge is 0.355 e. The van der Waals surface area contributed by atoms with Gasteiger partial charge in [0, 0.05) is 19.2 Å². The number of rotatable bonds is 6. The van der Waals surface area contributed by atoms with Crippen LogP contribution in [0.1, 0.15) is 17.0 Å². The van der Waals surface area contributed by atoms with Crippen LogP contribution in [0.5, 0.6) is 0 Å². The lowest BCUT2D eigenvalue weighted by Crippen LogP contribution is -2.41. The molecule has 4 rings (SSSR count). The highest BCUT2D eigenvalue weighted by atomic mass is 16.6. The number of hydrogen-bond donors (Lipinski definition) is 1. The van der Waals surface area contributed by atoms with Crippen molar-refractivity contribution in [3.63, 3.8) is 0 Å². The zero-order valence-electron chi connectivity index (χ0n) is 21.7. The molecule has 0 aromatic heterocycles. The minimum absolute atomic E-state index is 0.0000663. The average molecular weight is 534 g/mol. The lowest BCUT2D eigenvalue weighted by Gasteiger charge is -2.37. The number of nitrogens with zero attached hydrogens (tertiary/aromatic N) is 4. The maximum absolute atomic E-state index is 13.3. The van der Waals surface area contributed by atoms with E-state index in [0.29, 0.717) is 37.4 Å². The minimum Gasteiger partial charge on any atom is -0.466 e. The summed E-state index contributed by atoms with van der Waals surface area (Å²) in [4.78, 5) is 41.2. The van der Waals surface area contributed by atoms with Gasteiger partial charge in [-0.1, -0.05) is 30.3 Å². The summed E-state index contributed by atoms with van der Waals surface area (Å²) in [6, 6.07) is 13.6. The second-order valence-corrected chi connectivity index (χ2v) is 8.82. The number of benzene rings is 2. The molecule has 2 aromatic carbocycles. The maximum Gasteiger partial charge on any atom is 0.355 e. The third-order valence-electron chi connectivity index (χ3n) is 6.69. The van der Waals surface area contributed by atoms with Crippen molar-refractivity contribution in [3.8, 4) is 6.07 Å². The van der Waals surface area contributed by atoms with Crippen LogP contribution in [-0.4, -0.2) is 57.4 Å². The van der Waals surface area contributed by atoms with E-state index in [-0.39, 0.29) is 39.7 Å². The van der Waals surface area contributed by atoms with Gasteiger partial charge in [0.05, 0.1) is 61.2 Å². The SMILES string of the molecule is COC(=O)C1=C(C(=O)OC)N(c2cc(N3CCOCC3)c([N+](=O)[O-])cc2C)C(N)=C(C#N)C1c1ccccc1.